The van der Waals surface area contributed by atoms with Gasteiger partial charge >= 0.3 is 0 Å². The molecule has 2 aromatic rings. The van der Waals surface area contributed by atoms with Gasteiger partial charge in [-0.05, 0) is 25.2 Å². The third-order valence-electron chi connectivity index (χ3n) is 3.90. The Morgan fingerprint density at radius 2 is 1.65 bits per heavy atom. The summed E-state index contributed by atoms with van der Waals surface area (Å²) >= 11 is 0. The van der Waals surface area contributed by atoms with Crippen molar-refractivity contribution in [2.24, 2.45) is 0 Å². The minimum atomic E-state index is -1.52. The zero-order chi connectivity index (χ0) is 16.7. The van der Waals surface area contributed by atoms with Gasteiger partial charge in [0.15, 0.2) is 5.60 Å². The van der Waals surface area contributed by atoms with Crippen LogP contribution in [0.3, 0.4) is 0 Å². The highest BCUT2D eigenvalue weighted by Gasteiger charge is 2.29. The van der Waals surface area contributed by atoms with Crippen LogP contribution in [-0.4, -0.2) is 29.6 Å². The van der Waals surface area contributed by atoms with Crippen molar-refractivity contribution in [2.45, 2.75) is 19.4 Å². The largest absolute Gasteiger partial charge is 0.369 e. The fourth-order valence-electron chi connectivity index (χ4n) is 2.43. The van der Waals surface area contributed by atoms with Crippen molar-refractivity contribution in [3.05, 3.63) is 71.5 Å². The first-order valence-corrected chi connectivity index (χ1v) is 7.86. The highest BCUT2D eigenvalue weighted by molar-refractivity contribution is 5.44. The van der Waals surface area contributed by atoms with Crippen LogP contribution in [0.25, 0.3) is 0 Å². The van der Waals surface area contributed by atoms with Crippen molar-refractivity contribution >= 4 is 0 Å². The van der Waals surface area contributed by atoms with Gasteiger partial charge in [-0.2, -0.15) is 0 Å². The molecule has 0 saturated carbocycles. The second-order valence-electron chi connectivity index (χ2n) is 5.35. The van der Waals surface area contributed by atoms with Gasteiger partial charge in [0.2, 0.25) is 0 Å². The molecule has 0 spiro atoms. The molecule has 2 aromatic carbocycles. The van der Waals surface area contributed by atoms with Crippen molar-refractivity contribution in [3.63, 3.8) is 0 Å². The van der Waals surface area contributed by atoms with Gasteiger partial charge < -0.3 is 5.11 Å². The Kier molecular flexibility index (Phi) is 5.92. The van der Waals surface area contributed by atoms with E-state index in [0.717, 1.165) is 13.1 Å². The molecule has 0 heterocycles. The molecule has 3 heteroatoms. The van der Waals surface area contributed by atoms with E-state index >= 15 is 0 Å². The zero-order valence-corrected chi connectivity index (χ0v) is 13.6. The second kappa shape index (κ2) is 7.92. The average Bonchev–Trinajstić information content (AvgIpc) is 2.59. The SMILES string of the molecule is CCN(CC)CC#CC(O)(c1ccccc1)c1cccc(F)c1. The van der Waals surface area contributed by atoms with E-state index in [1.54, 1.807) is 24.3 Å². The fourth-order valence-corrected chi connectivity index (χ4v) is 2.43. The molecule has 0 aliphatic rings. The minimum Gasteiger partial charge on any atom is -0.369 e. The van der Waals surface area contributed by atoms with Gasteiger partial charge in [0.1, 0.15) is 5.82 Å². The number of halogens is 1. The average molecular weight is 311 g/mol. The summed E-state index contributed by atoms with van der Waals surface area (Å²) in [5.41, 5.74) is -0.440. The van der Waals surface area contributed by atoms with Crippen LogP contribution in [0.1, 0.15) is 25.0 Å². The van der Waals surface area contributed by atoms with Crippen LogP contribution < -0.4 is 0 Å². The molecule has 0 fully saturated rings. The molecular weight excluding hydrogens is 289 g/mol. The molecule has 0 radical (unpaired) electrons. The fraction of sp³-hybridized carbons (Fsp3) is 0.300. The molecular formula is C20H22FNO. The lowest BCUT2D eigenvalue weighted by atomic mass is 9.87. The van der Waals surface area contributed by atoms with Gasteiger partial charge in [0, 0.05) is 11.1 Å². The van der Waals surface area contributed by atoms with E-state index in [-0.39, 0.29) is 5.82 Å². The standard InChI is InChI=1S/C20H22FNO/c1-3-22(4-2)15-9-14-20(23,17-10-6-5-7-11-17)18-12-8-13-19(21)16-18/h5-8,10-13,16,23H,3-4,15H2,1-2H3. The molecule has 0 amide bonds. The van der Waals surface area contributed by atoms with Gasteiger partial charge in [-0.15, -0.1) is 0 Å². The van der Waals surface area contributed by atoms with Crippen molar-refractivity contribution in [3.8, 4) is 11.8 Å². The van der Waals surface area contributed by atoms with Crippen molar-refractivity contribution in [1.29, 1.82) is 0 Å². The lowest BCUT2D eigenvalue weighted by Crippen LogP contribution is -2.27. The van der Waals surface area contributed by atoms with Crippen LogP contribution in [0.2, 0.25) is 0 Å². The molecule has 0 aliphatic heterocycles. The highest BCUT2D eigenvalue weighted by Crippen LogP contribution is 2.29. The third-order valence-corrected chi connectivity index (χ3v) is 3.90. The van der Waals surface area contributed by atoms with E-state index in [1.807, 2.05) is 18.2 Å². The zero-order valence-electron chi connectivity index (χ0n) is 13.6. The Labute approximate surface area is 137 Å². The van der Waals surface area contributed by atoms with E-state index in [9.17, 15) is 9.50 Å². The van der Waals surface area contributed by atoms with E-state index in [1.165, 1.54) is 12.1 Å². The van der Waals surface area contributed by atoms with Crippen LogP contribution >= 0.6 is 0 Å². The predicted octanol–water partition coefficient (Wildman–Crippen LogP) is 3.41. The lowest BCUT2D eigenvalue weighted by Gasteiger charge is -2.24. The molecule has 2 nitrogen and oxygen atoms in total. The van der Waals surface area contributed by atoms with Gasteiger partial charge in [0.25, 0.3) is 0 Å². The summed E-state index contributed by atoms with van der Waals surface area (Å²) in [6.45, 7) is 6.50. The summed E-state index contributed by atoms with van der Waals surface area (Å²) in [6, 6.07) is 15.1. The second-order valence-corrected chi connectivity index (χ2v) is 5.35. The molecule has 0 aliphatic carbocycles. The third kappa shape index (κ3) is 4.19. The van der Waals surface area contributed by atoms with Crippen molar-refractivity contribution < 1.29 is 9.50 Å². The summed E-state index contributed by atoms with van der Waals surface area (Å²) in [7, 11) is 0. The molecule has 0 aromatic heterocycles. The monoisotopic (exact) mass is 311 g/mol. The van der Waals surface area contributed by atoms with Gasteiger partial charge in [-0.1, -0.05) is 68.2 Å². The first-order chi connectivity index (χ1) is 11.1. The summed E-state index contributed by atoms with van der Waals surface area (Å²) < 4.78 is 13.6. The Hall–Kier alpha value is -2.15. The normalized spacial score (nSPS) is 13.3. The van der Waals surface area contributed by atoms with E-state index in [0.29, 0.717) is 17.7 Å². The van der Waals surface area contributed by atoms with Crippen LogP contribution in [0.5, 0.6) is 0 Å². The van der Waals surface area contributed by atoms with E-state index < -0.39 is 5.60 Å². The molecule has 1 unspecified atom stereocenters. The number of aliphatic hydroxyl groups is 1. The number of hydrogen-bond acceptors (Lipinski definition) is 2. The highest BCUT2D eigenvalue weighted by atomic mass is 19.1. The minimum absolute atomic E-state index is 0.387. The summed E-state index contributed by atoms with van der Waals surface area (Å²) in [5.74, 6) is 5.61. The molecule has 1 atom stereocenters. The smallest absolute Gasteiger partial charge is 0.177 e. The number of benzene rings is 2. The molecule has 23 heavy (non-hydrogen) atoms. The molecule has 1 N–H and O–H groups in total. The van der Waals surface area contributed by atoms with Crippen LogP contribution in [0.15, 0.2) is 54.6 Å². The van der Waals surface area contributed by atoms with Crippen molar-refractivity contribution in [2.75, 3.05) is 19.6 Å². The maximum Gasteiger partial charge on any atom is 0.177 e. The maximum absolute atomic E-state index is 13.6. The Bertz CT molecular complexity index is 686. The molecule has 120 valence electrons. The van der Waals surface area contributed by atoms with Crippen LogP contribution in [0, 0.1) is 17.7 Å². The van der Waals surface area contributed by atoms with E-state index in [4.69, 9.17) is 0 Å². The lowest BCUT2D eigenvalue weighted by molar-refractivity contribution is 0.144. The maximum atomic E-state index is 13.6. The summed E-state index contributed by atoms with van der Waals surface area (Å²) in [4.78, 5) is 2.16. The molecule has 0 bridgehead atoms. The Balaban J connectivity index is 2.43. The number of nitrogens with zero attached hydrogens (tertiary/aromatic N) is 1. The van der Waals surface area contributed by atoms with Crippen LogP contribution in [0.4, 0.5) is 4.39 Å². The Morgan fingerprint density at radius 1 is 1.00 bits per heavy atom. The first kappa shape index (κ1) is 17.2. The quantitative estimate of drug-likeness (QED) is 0.856. The van der Waals surface area contributed by atoms with Crippen LogP contribution in [-0.2, 0) is 5.60 Å². The summed E-state index contributed by atoms with van der Waals surface area (Å²) in [5, 5.41) is 11.2. The molecule has 0 saturated heterocycles. The van der Waals surface area contributed by atoms with Gasteiger partial charge in [0.05, 0.1) is 6.54 Å². The molecule has 2 rings (SSSR count). The van der Waals surface area contributed by atoms with Gasteiger partial charge in [-0.25, -0.2) is 4.39 Å². The van der Waals surface area contributed by atoms with Gasteiger partial charge in [-0.3, -0.25) is 4.90 Å². The number of rotatable bonds is 5. The van der Waals surface area contributed by atoms with Crippen molar-refractivity contribution in [1.82, 2.24) is 4.90 Å². The number of hydrogen-bond donors (Lipinski definition) is 1. The van der Waals surface area contributed by atoms with E-state index in [2.05, 4.69) is 30.6 Å². The first-order valence-electron chi connectivity index (χ1n) is 7.86. The predicted molar refractivity (Wildman–Crippen MR) is 91.4 cm³/mol. The topological polar surface area (TPSA) is 23.5 Å². The summed E-state index contributed by atoms with van der Waals surface area (Å²) in [6.07, 6.45) is 0. The Morgan fingerprint density at radius 3 is 2.26 bits per heavy atom.